The fourth-order valence-electron chi connectivity index (χ4n) is 1.11. The highest BCUT2D eigenvalue weighted by Gasteiger charge is 1.92. The van der Waals surface area contributed by atoms with Crippen molar-refractivity contribution in [1.29, 1.82) is 0 Å². The van der Waals surface area contributed by atoms with Crippen LogP contribution >= 0.6 is 0 Å². The van der Waals surface area contributed by atoms with E-state index < -0.39 is 10.4 Å². The van der Waals surface area contributed by atoms with Crippen molar-refractivity contribution in [2.45, 2.75) is 11.4 Å². The maximum atomic E-state index is 11.0. The summed E-state index contributed by atoms with van der Waals surface area (Å²) in [6, 6.07) is 7.70. The lowest BCUT2D eigenvalue weighted by Gasteiger charge is -2.10. The first-order valence-corrected chi connectivity index (χ1v) is 5.36. The first-order valence-electron chi connectivity index (χ1n) is 4.05. The highest BCUT2D eigenvalue weighted by atomic mass is 32.2. The third kappa shape index (κ3) is 3.20. The van der Waals surface area contributed by atoms with Crippen LogP contribution in [0.15, 0.2) is 29.2 Å². The molecule has 0 fully saturated rings. The minimum atomic E-state index is -1.11. The van der Waals surface area contributed by atoms with Gasteiger partial charge in [0.15, 0.2) is 0 Å². The van der Waals surface area contributed by atoms with Crippen molar-refractivity contribution in [3.8, 4) is 0 Å². The Balaban J connectivity index is 2.81. The van der Waals surface area contributed by atoms with Gasteiger partial charge in [0.25, 0.3) is 0 Å². The van der Waals surface area contributed by atoms with Gasteiger partial charge in [-0.05, 0) is 19.7 Å². The van der Waals surface area contributed by atoms with E-state index in [2.05, 4.69) is 10.8 Å². The fourth-order valence-corrected chi connectivity index (χ4v) is 1.55. The van der Waals surface area contributed by atoms with E-state index in [-0.39, 0.29) is 0 Å². The average Bonchev–Trinajstić information content (AvgIpc) is 2.04. The minimum Gasteiger partial charge on any atom is -0.457 e. The van der Waals surface area contributed by atoms with E-state index in [0.717, 1.165) is 11.4 Å². The summed E-state index contributed by atoms with van der Waals surface area (Å²) in [6.07, 6.45) is 0. The molecule has 3 heteroatoms. The van der Waals surface area contributed by atoms with Crippen LogP contribution < -0.4 is 0 Å². The second kappa shape index (κ2) is 4.44. The Kier molecular flexibility index (Phi) is 3.51. The van der Waals surface area contributed by atoms with Crippen molar-refractivity contribution < 1.29 is 4.21 Å². The van der Waals surface area contributed by atoms with Crippen LogP contribution in [0.5, 0.6) is 0 Å². The highest BCUT2D eigenvalue weighted by Crippen LogP contribution is 2.06. The molecule has 0 spiro atoms. The van der Waals surface area contributed by atoms with E-state index >= 15 is 0 Å². The van der Waals surface area contributed by atoms with Gasteiger partial charge in [-0.3, -0.25) is 10.4 Å². The first-order chi connectivity index (χ1) is 6.09. The van der Waals surface area contributed by atoms with Crippen molar-refractivity contribution >= 4 is 16.3 Å². The van der Waals surface area contributed by atoms with Crippen molar-refractivity contribution in [3.63, 3.8) is 0 Å². The van der Waals surface area contributed by atoms with Gasteiger partial charge in [0.1, 0.15) is 0 Å². The summed E-state index contributed by atoms with van der Waals surface area (Å²) in [4.78, 5) is 2.87. The van der Waals surface area contributed by atoms with Crippen LogP contribution in [0.2, 0.25) is 0 Å². The van der Waals surface area contributed by atoms with Crippen molar-refractivity contribution in [2.75, 3.05) is 14.1 Å². The van der Waals surface area contributed by atoms with Gasteiger partial charge < -0.3 is 9.11 Å². The van der Waals surface area contributed by atoms with E-state index in [4.69, 9.17) is 0 Å². The summed E-state index contributed by atoms with van der Waals surface area (Å²) in [6.45, 7) is 0.907. The third-order valence-corrected chi connectivity index (χ3v) is 2.48. The smallest absolute Gasteiger partial charge is 0.0227 e. The Labute approximate surface area is 81.2 Å². The van der Waals surface area contributed by atoms with Crippen LogP contribution in [0.25, 0.3) is 0 Å². The second-order valence-electron chi connectivity index (χ2n) is 3.23. The monoisotopic (exact) mass is 196 g/mol. The predicted octanol–water partition coefficient (Wildman–Crippen LogP) is 1.50. The molecule has 0 bridgehead atoms. The largest absolute Gasteiger partial charge is 0.457 e. The molecule has 13 heavy (non-hydrogen) atoms. The van der Waals surface area contributed by atoms with Crippen LogP contribution in [-0.4, -0.2) is 24.9 Å². The predicted molar refractivity (Wildman–Crippen MR) is 57.3 cm³/mol. The first kappa shape index (κ1) is 10.3. The molecule has 72 valence electrons. The minimum absolute atomic E-state index is 0.780. The molecule has 1 rings (SSSR count). The summed E-state index contributed by atoms with van der Waals surface area (Å²) in [7, 11) is 2.93. The Hall–Kier alpha value is -0.800. The van der Waals surface area contributed by atoms with Gasteiger partial charge in [-0.1, -0.05) is 24.3 Å². The molecule has 0 radical (unpaired) electrons. The Bertz CT molecular complexity index is 330. The van der Waals surface area contributed by atoms with Gasteiger partial charge in [0.2, 0.25) is 0 Å². The Morgan fingerprint density at radius 2 is 1.85 bits per heavy atom. The van der Waals surface area contributed by atoms with Crippen LogP contribution in [-0.2, 0) is 21.1 Å². The lowest BCUT2D eigenvalue weighted by atomic mass is 10.2. The molecule has 0 saturated heterocycles. The number of rotatable bonds is 3. The molecule has 0 aliphatic rings. The summed E-state index contributed by atoms with van der Waals surface area (Å²) in [5.74, 6) is 3.46. The van der Waals surface area contributed by atoms with Gasteiger partial charge in [0, 0.05) is 6.54 Å². The van der Waals surface area contributed by atoms with E-state index in [1.54, 1.807) is 0 Å². The molecule has 0 aliphatic heterocycles. The fraction of sp³-hybridized carbons (Fsp3) is 0.300. The van der Waals surface area contributed by atoms with Crippen molar-refractivity contribution in [2.24, 2.45) is 0 Å². The Morgan fingerprint density at radius 3 is 2.23 bits per heavy atom. The van der Waals surface area contributed by atoms with E-state index in [1.165, 1.54) is 5.56 Å². The molecule has 0 amide bonds. The van der Waals surface area contributed by atoms with E-state index in [1.807, 2.05) is 38.4 Å². The van der Waals surface area contributed by atoms with Crippen LogP contribution in [0, 0.1) is 0 Å². The summed E-state index contributed by atoms with van der Waals surface area (Å²) < 4.78 is 11.0. The SMILES string of the molecule is C=[S-](=O)c1ccc(CN(C)C)cc1. The Morgan fingerprint density at radius 1 is 1.31 bits per heavy atom. The topological polar surface area (TPSA) is 20.3 Å². The number of hydrogen-bond acceptors (Lipinski definition) is 3. The van der Waals surface area contributed by atoms with Gasteiger partial charge in [-0.2, -0.15) is 5.87 Å². The number of hydrogen-bond donors (Lipinski definition) is 0. The summed E-state index contributed by atoms with van der Waals surface area (Å²) in [5.41, 5.74) is 1.22. The van der Waals surface area contributed by atoms with Crippen LogP contribution in [0.3, 0.4) is 0 Å². The van der Waals surface area contributed by atoms with Gasteiger partial charge >= 0.3 is 0 Å². The van der Waals surface area contributed by atoms with Crippen molar-refractivity contribution in [1.82, 2.24) is 4.90 Å². The molecule has 0 unspecified atom stereocenters. The number of benzene rings is 1. The third-order valence-electron chi connectivity index (χ3n) is 1.69. The zero-order chi connectivity index (χ0) is 9.84. The summed E-state index contributed by atoms with van der Waals surface area (Å²) >= 11 is 0. The molecular weight excluding hydrogens is 182 g/mol. The lowest BCUT2D eigenvalue weighted by molar-refractivity contribution is 0.402. The number of nitrogens with zero attached hydrogens (tertiary/aromatic N) is 1. The molecule has 1 aromatic carbocycles. The average molecular weight is 196 g/mol. The molecule has 0 saturated carbocycles. The maximum Gasteiger partial charge on any atom is 0.0227 e. The molecular formula is C10H14NOS-. The molecule has 0 heterocycles. The molecule has 0 atom stereocenters. The van der Waals surface area contributed by atoms with E-state index in [0.29, 0.717) is 0 Å². The molecule has 0 aromatic heterocycles. The van der Waals surface area contributed by atoms with Gasteiger partial charge in [-0.25, -0.2) is 0 Å². The zero-order valence-corrected chi connectivity index (χ0v) is 8.80. The lowest BCUT2D eigenvalue weighted by Crippen LogP contribution is -2.10. The molecule has 0 aliphatic carbocycles. The standard InChI is InChI=1S/C10H14NOS/c1-11(2)8-9-4-6-10(7-5-9)13(3)12/h4-7H,3,8H2,1-2H3/q-1. The normalized spacial score (nSPS) is 11.1. The van der Waals surface area contributed by atoms with Gasteiger partial charge in [-0.15, -0.1) is 4.90 Å². The highest BCUT2D eigenvalue weighted by molar-refractivity contribution is 7.82. The van der Waals surface area contributed by atoms with Crippen molar-refractivity contribution in [3.05, 3.63) is 29.8 Å². The zero-order valence-electron chi connectivity index (χ0n) is 7.99. The summed E-state index contributed by atoms with van der Waals surface area (Å²) in [5, 5.41) is 0. The molecule has 0 N–H and O–H groups in total. The quantitative estimate of drug-likeness (QED) is 0.539. The van der Waals surface area contributed by atoms with E-state index in [9.17, 15) is 4.21 Å². The molecule has 1 aromatic rings. The second-order valence-corrected chi connectivity index (χ2v) is 4.39. The van der Waals surface area contributed by atoms with Crippen LogP contribution in [0.1, 0.15) is 5.56 Å². The van der Waals surface area contributed by atoms with Gasteiger partial charge in [0.05, 0.1) is 0 Å². The molecule has 2 nitrogen and oxygen atoms in total. The van der Waals surface area contributed by atoms with Crippen LogP contribution in [0.4, 0.5) is 0 Å². The maximum absolute atomic E-state index is 11.0.